The second kappa shape index (κ2) is 4.07. The van der Waals surface area contributed by atoms with Crippen LogP contribution in [0.4, 0.5) is 0 Å². The summed E-state index contributed by atoms with van der Waals surface area (Å²) in [7, 11) is -3.08. The van der Waals surface area contributed by atoms with Gasteiger partial charge in [0.1, 0.15) is 6.04 Å². The van der Waals surface area contributed by atoms with Gasteiger partial charge in [-0.25, -0.2) is 8.42 Å². The van der Waals surface area contributed by atoms with Gasteiger partial charge in [0.15, 0.2) is 9.84 Å². The first-order valence-electron chi connectivity index (χ1n) is 6.05. The van der Waals surface area contributed by atoms with Gasteiger partial charge in [0.25, 0.3) is 5.91 Å². The van der Waals surface area contributed by atoms with Crippen molar-refractivity contribution in [3.05, 3.63) is 35.4 Å². The molecular formula is C13H12N2O3S. The zero-order valence-electron chi connectivity index (χ0n) is 10.1. The topological polar surface area (TPSA) is 78.2 Å². The lowest BCUT2D eigenvalue weighted by Gasteiger charge is -2.26. The molecule has 5 nitrogen and oxygen atoms in total. The van der Waals surface area contributed by atoms with Gasteiger partial charge in [-0.15, -0.1) is 0 Å². The maximum Gasteiger partial charge on any atom is 0.255 e. The minimum Gasteiger partial charge on any atom is -0.314 e. The number of nitriles is 1. The van der Waals surface area contributed by atoms with Crippen molar-refractivity contribution in [1.29, 1.82) is 5.26 Å². The lowest BCUT2D eigenvalue weighted by Crippen LogP contribution is -2.38. The Morgan fingerprint density at radius 1 is 1.32 bits per heavy atom. The van der Waals surface area contributed by atoms with Crippen molar-refractivity contribution >= 4 is 15.7 Å². The number of fused-ring (bicyclic) bond motifs is 1. The molecule has 2 heterocycles. The van der Waals surface area contributed by atoms with Crippen LogP contribution in [0.25, 0.3) is 0 Å². The Morgan fingerprint density at radius 3 is 2.68 bits per heavy atom. The average molecular weight is 276 g/mol. The van der Waals surface area contributed by atoms with Crippen molar-refractivity contribution in [2.75, 3.05) is 11.5 Å². The van der Waals surface area contributed by atoms with E-state index < -0.39 is 15.9 Å². The normalized spacial score (nSPS) is 28.2. The molecule has 2 aliphatic heterocycles. The van der Waals surface area contributed by atoms with Gasteiger partial charge >= 0.3 is 0 Å². The molecule has 6 heteroatoms. The summed E-state index contributed by atoms with van der Waals surface area (Å²) in [6.07, 6.45) is 0.417. The van der Waals surface area contributed by atoms with Crippen LogP contribution in [-0.2, 0) is 9.84 Å². The fourth-order valence-corrected chi connectivity index (χ4v) is 4.55. The van der Waals surface area contributed by atoms with Crippen molar-refractivity contribution in [3.8, 4) is 6.07 Å². The lowest BCUT2D eigenvalue weighted by atomic mass is 10.1. The number of carbonyl (C=O) groups is 1. The number of hydrogen-bond donors (Lipinski definition) is 0. The summed E-state index contributed by atoms with van der Waals surface area (Å²) in [5.41, 5.74) is 1.19. The van der Waals surface area contributed by atoms with Crippen LogP contribution in [0.15, 0.2) is 24.3 Å². The van der Waals surface area contributed by atoms with Gasteiger partial charge in [0.2, 0.25) is 0 Å². The average Bonchev–Trinajstić information content (AvgIpc) is 2.88. The van der Waals surface area contributed by atoms with Crippen LogP contribution in [0.5, 0.6) is 0 Å². The molecule has 1 fully saturated rings. The van der Waals surface area contributed by atoms with Gasteiger partial charge in [0.05, 0.1) is 17.6 Å². The van der Waals surface area contributed by atoms with Gasteiger partial charge in [-0.1, -0.05) is 18.2 Å². The second-order valence-corrected chi connectivity index (χ2v) is 7.12. The molecule has 98 valence electrons. The first-order chi connectivity index (χ1) is 9.03. The van der Waals surface area contributed by atoms with E-state index in [2.05, 4.69) is 6.07 Å². The molecule has 2 atom stereocenters. The number of amides is 1. The quantitative estimate of drug-likeness (QED) is 0.763. The third-order valence-electron chi connectivity index (χ3n) is 3.72. The molecule has 3 rings (SSSR count). The Balaban J connectivity index is 2.01. The summed E-state index contributed by atoms with van der Waals surface area (Å²) in [6.45, 7) is 0. The van der Waals surface area contributed by atoms with E-state index in [9.17, 15) is 18.5 Å². The van der Waals surface area contributed by atoms with Crippen LogP contribution in [0, 0.1) is 11.3 Å². The van der Waals surface area contributed by atoms with Gasteiger partial charge in [-0.05, 0) is 12.5 Å². The van der Waals surface area contributed by atoms with Gasteiger partial charge < -0.3 is 4.90 Å². The maximum atomic E-state index is 12.3. The zero-order chi connectivity index (χ0) is 13.6. The summed E-state index contributed by atoms with van der Waals surface area (Å²) in [5.74, 6) is -0.176. The summed E-state index contributed by atoms with van der Waals surface area (Å²) in [5, 5.41) is 9.30. The van der Waals surface area contributed by atoms with Crippen LogP contribution in [0.2, 0.25) is 0 Å². The standard InChI is InChI=1S/C13H12N2O3S/c14-7-12-10-3-1-2-4-11(10)13(16)15(12)9-5-6-19(17,18)8-9/h1-4,9,12H,5-6,8H2. The summed E-state index contributed by atoms with van der Waals surface area (Å²) >= 11 is 0. The van der Waals surface area contributed by atoms with E-state index in [0.717, 1.165) is 0 Å². The number of rotatable bonds is 1. The SMILES string of the molecule is N#CC1c2ccccc2C(=O)N1C1CCS(=O)(=O)C1. The van der Waals surface area contributed by atoms with Gasteiger partial charge in [-0.3, -0.25) is 4.79 Å². The summed E-state index contributed by atoms with van der Waals surface area (Å²) in [4.78, 5) is 13.8. The number of sulfone groups is 1. The number of hydrogen-bond acceptors (Lipinski definition) is 4. The Kier molecular flexibility index (Phi) is 2.61. The van der Waals surface area contributed by atoms with Gasteiger partial charge in [0, 0.05) is 17.2 Å². The maximum absolute atomic E-state index is 12.3. The predicted octanol–water partition coefficient (Wildman–Crippen LogP) is 0.894. The van der Waals surface area contributed by atoms with Crippen LogP contribution >= 0.6 is 0 Å². The largest absolute Gasteiger partial charge is 0.314 e. The molecule has 0 spiro atoms. The highest BCUT2D eigenvalue weighted by Gasteiger charge is 2.44. The molecule has 1 amide bonds. The molecular weight excluding hydrogens is 264 g/mol. The van der Waals surface area contributed by atoms with E-state index in [1.165, 1.54) is 4.90 Å². The molecule has 0 aromatic heterocycles. The molecule has 2 aliphatic rings. The van der Waals surface area contributed by atoms with E-state index in [4.69, 9.17) is 0 Å². The highest BCUT2D eigenvalue weighted by Crippen LogP contribution is 2.37. The minimum absolute atomic E-state index is 0.0368. The molecule has 0 aliphatic carbocycles. The van der Waals surface area contributed by atoms with E-state index >= 15 is 0 Å². The molecule has 1 saturated heterocycles. The third-order valence-corrected chi connectivity index (χ3v) is 5.47. The molecule has 1 aromatic carbocycles. The first kappa shape index (κ1) is 12.2. The van der Waals surface area contributed by atoms with Crippen molar-refractivity contribution < 1.29 is 13.2 Å². The van der Waals surface area contributed by atoms with Crippen molar-refractivity contribution in [3.63, 3.8) is 0 Å². The van der Waals surface area contributed by atoms with E-state index in [1.807, 2.05) is 0 Å². The minimum atomic E-state index is -3.08. The Hall–Kier alpha value is -1.87. The van der Waals surface area contributed by atoms with Crippen LogP contribution in [-0.4, -0.2) is 36.8 Å². The molecule has 1 aromatic rings. The predicted molar refractivity (Wildman–Crippen MR) is 68.0 cm³/mol. The Labute approximate surface area is 111 Å². The van der Waals surface area contributed by atoms with Crippen molar-refractivity contribution in [1.82, 2.24) is 4.90 Å². The highest BCUT2D eigenvalue weighted by atomic mass is 32.2. The van der Waals surface area contributed by atoms with E-state index in [-0.39, 0.29) is 23.5 Å². The monoisotopic (exact) mass is 276 g/mol. The lowest BCUT2D eigenvalue weighted by molar-refractivity contribution is 0.0694. The fourth-order valence-electron chi connectivity index (χ4n) is 2.84. The molecule has 19 heavy (non-hydrogen) atoms. The third kappa shape index (κ3) is 1.81. The summed E-state index contributed by atoms with van der Waals surface area (Å²) in [6, 6.07) is 8.04. The van der Waals surface area contributed by atoms with Crippen LogP contribution in [0.1, 0.15) is 28.4 Å². The highest BCUT2D eigenvalue weighted by molar-refractivity contribution is 7.91. The first-order valence-corrected chi connectivity index (χ1v) is 7.87. The Bertz CT molecular complexity index is 690. The Morgan fingerprint density at radius 2 is 2.05 bits per heavy atom. The number of benzene rings is 1. The van der Waals surface area contributed by atoms with Crippen LogP contribution in [0.3, 0.4) is 0 Å². The molecule has 0 bridgehead atoms. The van der Waals surface area contributed by atoms with E-state index in [0.29, 0.717) is 17.5 Å². The van der Waals surface area contributed by atoms with E-state index in [1.54, 1.807) is 24.3 Å². The van der Waals surface area contributed by atoms with Crippen molar-refractivity contribution in [2.24, 2.45) is 0 Å². The van der Waals surface area contributed by atoms with Crippen LogP contribution < -0.4 is 0 Å². The summed E-state index contributed by atoms with van der Waals surface area (Å²) < 4.78 is 23.1. The number of carbonyl (C=O) groups excluding carboxylic acids is 1. The smallest absolute Gasteiger partial charge is 0.255 e. The molecule has 2 unspecified atom stereocenters. The fraction of sp³-hybridized carbons (Fsp3) is 0.385. The van der Waals surface area contributed by atoms with Crippen molar-refractivity contribution in [2.45, 2.75) is 18.5 Å². The molecule has 0 N–H and O–H groups in total. The molecule has 0 saturated carbocycles. The second-order valence-electron chi connectivity index (χ2n) is 4.89. The zero-order valence-corrected chi connectivity index (χ0v) is 10.9. The van der Waals surface area contributed by atoms with Gasteiger partial charge in [-0.2, -0.15) is 5.26 Å². The number of nitrogens with zero attached hydrogens (tertiary/aromatic N) is 2. The molecule has 0 radical (unpaired) electrons.